The van der Waals surface area contributed by atoms with Crippen LogP contribution in [0, 0.1) is 23.7 Å². The van der Waals surface area contributed by atoms with Crippen molar-refractivity contribution in [3.05, 3.63) is 52.8 Å². The third kappa shape index (κ3) is 4.06. The number of imidazole rings is 1. The Morgan fingerprint density at radius 2 is 2.15 bits per heavy atom. The SMILES string of the molecule is C#CCOc1c(Cl)cc(/C=C(\C#N)c2nc3ccccc3[nH]2)cc1OCC. The van der Waals surface area contributed by atoms with E-state index in [-0.39, 0.29) is 6.61 Å². The van der Waals surface area contributed by atoms with Crippen LogP contribution in [0.25, 0.3) is 22.7 Å². The number of fused-ring (bicyclic) bond motifs is 1. The number of nitrogens with one attached hydrogen (secondary N) is 1. The van der Waals surface area contributed by atoms with Crippen LogP contribution in [-0.4, -0.2) is 23.2 Å². The van der Waals surface area contributed by atoms with Crippen LogP contribution < -0.4 is 9.47 Å². The fourth-order valence-electron chi connectivity index (χ4n) is 2.59. The average Bonchev–Trinajstić information content (AvgIpc) is 3.09. The molecule has 0 unspecified atom stereocenters. The van der Waals surface area contributed by atoms with Gasteiger partial charge in [-0.3, -0.25) is 0 Å². The van der Waals surface area contributed by atoms with Crippen molar-refractivity contribution in [1.82, 2.24) is 9.97 Å². The summed E-state index contributed by atoms with van der Waals surface area (Å²) < 4.78 is 11.1. The number of allylic oxidation sites excluding steroid dienone is 1. The van der Waals surface area contributed by atoms with E-state index >= 15 is 0 Å². The van der Waals surface area contributed by atoms with Gasteiger partial charge in [0, 0.05) is 0 Å². The van der Waals surface area contributed by atoms with Crippen molar-refractivity contribution in [3.8, 4) is 29.9 Å². The Hall–Kier alpha value is -3.41. The molecule has 3 aromatic rings. The van der Waals surface area contributed by atoms with Gasteiger partial charge in [-0.2, -0.15) is 5.26 Å². The zero-order valence-electron chi connectivity index (χ0n) is 14.6. The number of aromatic nitrogens is 2. The van der Waals surface area contributed by atoms with Gasteiger partial charge in [-0.1, -0.05) is 29.7 Å². The number of benzene rings is 2. The fraction of sp³-hybridized carbons (Fsp3) is 0.143. The molecule has 0 aliphatic carbocycles. The molecule has 0 fully saturated rings. The molecule has 27 heavy (non-hydrogen) atoms. The van der Waals surface area contributed by atoms with Gasteiger partial charge >= 0.3 is 0 Å². The van der Waals surface area contributed by atoms with Crippen LogP contribution in [0.1, 0.15) is 18.3 Å². The zero-order valence-corrected chi connectivity index (χ0v) is 15.4. The maximum atomic E-state index is 9.59. The van der Waals surface area contributed by atoms with Gasteiger partial charge in [-0.15, -0.1) is 6.42 Å². The molecular weight excluding hydrogens is 362 g/mol. The molecule has 1 heterocycles. The van der Waals surface area contributed by atoms with E-state index in [2.05, 4.69) is 22.0 Å². The maximum Gasteiger partial charge on any atom is 0.181 e. The molecule has 6 heteroatoms. The minimum Gasteiger partial charge on any atom is -0.490 e. The molecule has 0 spiro atoms. The molecule has 0 radical (unpaired) electrons. The van der Waals surface area contributed by atoms with E-state index in [4.69, 9.17) is 27.5 Å². The number of H-pyrrole nitrogens is 1. The Morgan fingerprint density at radius 3 is 2.85 bits per heavy atom. The van der Waals surface area contributed by atoms with E-state index in [0.717, 1.165) is 11.0 Å². The first-order chi connectivity index (χ1) is 13.2. The smallest absolute Gasteiger partial charge is 0.181 e. The second-order valence-corrected chi connectivity index (χ2v) is 5.94. The minimum absolute atomic E-state index is 0.0808. The lowest BCUT2D eigenvalue weighted by Crippen LogP contribution is -2.00. The Morgan fingerprint density at radius 1 is 1.33 bits per heavy atom. The highest BCUT2D eigenvalue weighted by Gasteiger charge is 2.13. The van der Waals surface area contributed by atoms with Gasteiger partial charge in [0.05, 0.1) is 28.2 Å². The normalized spacial score (nSPS) is 11.0. The first kappa shape index (κ1) is 18.4. The lowest BCUT2D eigenvalue weighted by molar-refractivity contribution is 0.299. The highest BCUT2D eigenvalue weighted by molar-refractivity contribution is 6.32. The summed E-state index contributed by atoms with van der Waals surface area (Å²) in [5.41, 5.74) is 2.72. The molecule has 1 aromatic heterocycles. The Labute approximate surface area is 162 Å². The number of rotatable bonds is 6. The first-order valence-electron chi connectivity index (χ1n) is 8.25. The molecule has 0 atom stereocenters. The summed E-state index contributed by atoms with van der Waals surface area (Å²) in [6.07, 6.45) is 6.94. The van der Waals surface area contributed by atoms with Crippen LogP contribution in [-0.2, 0) is 0 Å². The highest BCUT2D eigenvalue weighted by atomic mass is 35.5. The maximum absolute atomic E-state index is 9.59. The molecule has 5 nitrogen and oxygen atoms in total. The van der Waals surface area contributed by atoms with E-state index in [1.165, 1.54) is 0 Å². The number of ether oxygens (including phenoxy) is 2. The molecule has 0 aliphatic heterocycles. The Kier molecular flexibility index (Phi) is 5.66. The Balaban J connectivity index is 2.03. The topological polar surface area (TPSA) is 70.9 Å². The third-order valence-corrected chi connectivity index (χ3v) is 3.99. The first-order valence-corrected chi connectivity index (χ1v) is 8.63. The summed E-state index contributed by atoms with van der Waals surface area (Å²) in [5, 5.41) is 9.94. The minimum atomic E-state index is 0.0808. The number of aromatic amines is 1. The summed E-state index contributed by atoms with van der Waals surface area (Å²) in [4.78, 5) is 7.61. The number of terminal acetylenes is 1. The van der Waals surface area contributed by atoms with Gasteiger partial charge < -0.3 is 14.5 Å². The van der Waals surface area contributed by atoms with Gasteiger partial charge in [0.25, 0.3) is 0 Å². The van der Waals surface area contributed by atoms with E-state index in [1.54, 1.807) is 18.2 Å². The van der Waals surface area contributed by atoms with E-state index in [9.17, 15) is 5.26 Å². The van der Waals surface area contributed by atoms with Gasteiger partial charge in [-0.05, 0) is 42.8 Å². The van der Waals surface area contributed by atoms with Crippen LogP contribution in [0.3, 0.4) is 0 Å². The molecule has 134 valence electrons. The number of para-hydroxylation sites is 2. The highest BCUT2D eigenvalue weighted by Crippen LogP contribution is 2.37. The van der Waals surface area contributed by atoms with E-state index < -0.39 is 0 Å². The zero-order chi connectivity index (χ0) is 19.2. The largest absolute Gasteiger partial charge is 0.490 e. The van der Waals surface area contributed by atoms with E-state index in [1.807, 2.05) is 31.2 Å². The lowest BCUT2D eigenvalue weighted by Gasteiger charge is -2.13. The van der Waals surface area contributed by atoms with Gasteiger partial charge in [0.1, 0.15) is 18.5 Å². The summed E-state index contributed by atoms with van der Waals surface area (Å²) in [6, 6.07) is 13.2. The number of nitriles is 1. The molecule has 0 bridgehead atoms. The number of nitrogens with zero attached hydrogens (tertiary/aromatic N) is 2. The van der Waals surface area contributed by atoms with Crippen molar-refractivity contribution in [2.24, 2.45) is 0 Å². The molecule has 0 saturated carbocycles. The molecule has 0 saturated heterocycles. The predicted octanol–water partition coefficient (Wildman–Crippen LogP) is 4.69. The average molecular weight is 378 g/mol. The van der Waals surface area contributed by atoms with Crippen molar-refractivity contribution in [2.45, 2.75) is 6.92 Å². The van der Waals surface area contributed by atoms with Crippen LogP contribution in [0.2, 0.25) is 5.02 Å². The van der Waals surface area contributed by atoms with Crippen molar-refractivity contribution in [2.75, 3.05) is 13.2 Å². The molecule has 2 aromatic carbocycles. The molecule has 1 N–H and O–H groups in total. The van der Waals surface area contributed by atoms with Crippen LogP contribution in [0.5, 0.6) is 11.5 Å². The van der Waals surface area contributed by atoms with Crippen LogP contribution in [0.15, 0.2) is 36.4 Å². The third-order valence-electron chi connectivity index (χ3n) is 3.71. The number of hydrogen-bond acceptors (Lipinski definition) is 4. The molecule has 0 aliphatic rings. The van der Waals surface area contributed by atoms with Crippen molar-refractivity contribution >= 4 is 34.3 Å². The summed E-state index contributed by atoms with van der Waals surface area (Å²) in [5.74, 6) is 3.74. The van der Waals surface area contributed by atoms with Crippen molar-refractivity contribution in [3.63, 3.8) is 0 Å². The quantitative estimate of drug-likeness (QED) is 0.499. The molecule has 0 amide bonds. The lowest BCUT2D eigenvalue weighted by atomic mass is 10.1. The molecular formula is C21H16ClN3O2. The summed E-state index contributed by atoms with van der Waals surface area (Å²) in [7, 11) is 0. The van der Waals surface area contributed by atoms with Crippen molar-refractivity contribution in [1.29, 1.82) is 5.26 Å². The van der Waals surface area contributed by atoms with Gasteiger partial charge in [0.15, 0.2) is 11.5 Å². The second-order valence-electron chi connectivity index (χ2n) is 5.53. The number of hydrogen-bond donors (Lipinski definition) is 1. The van der Waals surface area contributed by atoms with Crippen LogP contribution in [0.4, 0.5) is 0 Å². The summed E-state index contributed by atoms with van der Waals surface area (Å²) >= 11 is 6.33. The standard InChI is InChI=1S/C21H16ClN3O2/c1-3-9-27-20-16(22)11-14(12-19(20)26-4-2)10-15(13-23)21-24-17-7-5-6-8-18(17)25-21/h1,5-8,10-12H,4,9H2,2H3,(H,24,25)/b15-10+. The van der Waals surface area contributed by atoms with Gasteiger partial charge in [-0.25, -0.2) is 4.98 Å². The van der Waals surface area contributed by atoms with Crippen LogP contribution >= 0.6 is 11.6 Å². The van der Waals surface area contributed by atoms with Gasteiger partial charge in [0.2, 0.25) is 0 Å². The summed E-state index contributed by atoms with van der Waals surface area (Å²) in [6.45, 7) is 2.37. The second kappa shape index (κ2) is 8.31. The number of halogens is 1. The van der Waals surface area contributed by atoms with Crippen molar-refractivity contribution < 1.29 is 9.47 Å². The fourth-order valence-corrected chi connectivity index (χ4v) is 2.86. The monoisotopic (exact) mass is 377 g/mol. The molecule has 3 rings (SSSR count). The van der Waals surface area contributed by atoms with E-state index in [0.29, 0.717) is 40.1 Å². The predicted molar refractivity (Wildman–Crippen MR) is 107 cm³/mol. The Bertz CT molecular complexity index is 1050.